The summed E-state index contributed by atoms with van der Waals surface area (Å²) in [5.74, 6) is 0.456. The van der Waals surface area contributed by atoms with Gasteiger partial charge in [0.1, 0.15) is 5.02 Å². The number of aromatic nitrogens is 2. The zero-order chi connectivity index (χ0) is 15.3. The molecule has 114 valence electrons. The Hall–Kier alpha value is -1.11. The van der Waals surface area contributed by atoms with Crippen molar-refractivity contribution in [2.24, 2.45) is 11.7 Å². The van der Waals surface area contributed by atoms with Crippen molar-refractivity contribution in [3.8, 4) is 0 Å². The molecule has 1 unspecified atom stereocenters. The van der Waals surface area contributed by atoms with Gasteiger partial charge in [-0.05, 0) is 19.3 Å². The van der Waals surface area contributed by atoms with Gasteiger partial charge in [0.2, 0.25) is 0 Å². The van der Waals surface area contributed by atoms with Crippen molar-refractivity contribution in [1.82, 2.24) is 9.78 Å². The Labute approximate surface area is 123 Å². The largest absolute Gasteiger partial charge is 0.394 e. The molecule has 0 amide bonds. The smallest absolute Gasteiger partial charge is 0.287 e. The van der Waals surface area contributed by atoms with Crippen molar-refractivity contribution in [2.75, 3.05) is 18.5 Å². The highest BCUT2D eigenvalue weighted by Crippen LogP contribution is 2.24. The van der Waals surface area contributed by atoms with Gasteiger partial charge < -0.3 is 16.2 Å². The molecular formula is C13H23ClN4O2. The summed E-state index contributed by atoms with van der Waals surface area (Å²) in [6.07, 6.45) is 2.34. The van der Waals surface area contributed by atoms with Crippen LogP contribution in [-0.2, 0) is 6.54 Å². The second-order valence-electron chi connectivity index (χ2n) is 5.61. The van der Waals surface area contributed by atoms with E-state index in [1.54, 1.807) is 0 Å². The van der Waals surface area contributed by atoms with Gasteiger partial charge in [0.25, 0.3) is 5.56 Å². The van der Waals surface area contributed by atoms with Gasteiger partial charge in [0.05, 0.1) is 25.0 Å². The summed E-state index contributed by atoms with van der Waals surface area (Å²) in [6.45, 7) is 6.58. The molecule has 0 radical (unpaired) electrons. The van der Waals surface area contributed by atoms with Crippen LogP contribution in [0.3, 0.4) is 0 Å². The van der Waals surface area contributed by atoms with E-state index >= 15 is 0 Å². The highest BCUT2D eigenvalue weighted by atomic mass is 35.5. The Morgan fingerprint density at radius 3 is 2.75 bits per heavy atom. The third-order valence-electron chi connectivity index (χ3n) is 3.04. The van der Waals surface area contributed by atoms with E-state index in [2.05, 4.69) is 24.3 Å². The van der Waals surface area contributed by atoms with Crippen molar-refractivity contribution in [3.63, 3.8) is 0 Å². The highest BCUT2D eigenvalue weighted by molar-refractivity contribution is 6.32. The molecule has 1 aromatic rings. The van der Waals surface area contributed by atoms with Gasteiger partial charge in [-0.25, -0.2) is 4.68 Å². The Balaban J connectivity index is 3.03. The molecule has 1 rings (SSSR count). The molecule has 0 aliphatic heterocycles. The number of hydrogen-bond donors (Lipinski definition) is 3. The second-order valence-corrected chi connectivity index (χ2v) is 5.99. The van der Waals surface area contributed by atoms with Crippen LogP contribution in [0.25, 0.3) is 0 Å². The molecule has 1 atom stereocenters. The zero-order valence-corrected chi connectivity index (χ0v) is 12.9. The molecule has 0 fully saturated rings. The van der Waals surface area contributed by atoms with Crippen molar-refractivity contribution < 1.29 is 5.11 Å². The monoisotopic (exact) mass is 302 g/mol. The first-order chi connectivity index (χ1) is 9.33. The summed E-state index contributed by atoms with van der Waals surface area (Å²) in [5, 5.41) is 16.1. The predicted octanol–water partition coefficient (Wildman–Crippen LogP) is 1.06. The molecule has 0 spiro atoms. The summed E-state index contributed by atoms with van der Waals surface area (Å²) in [6, 6.07) is 0. The average Bonchev–Trinajstić information content (AvgIpc) is 2.38. The van der Waals surface area contributed by atoms with E-state index in [1.807, 2.05) is 6.92 Å². The van der Waals surface area contributed by atoms with E-state index < -0.39 is 5.56 Å². The summed E-state index contributed by atoms with van der Waals surface area (Å²) in [5.41, 5.74) is 5.52. The number of rotatable bonds is 7. The van der Waals surface area contributed by atoms with Crippen molar-refractivity contribution in [2.45, 2.75) is 39.3 Å². The van der Waals surface area contributed by atoms with E-state index in [1.165, 1.54) is 6.20 Å². The Bertz CT molecular complexity index is 504. The Morgan fingerprint density at radius 2 is 2.25 bits per heavy atom. The first kappa shape index (κ1) is 16.9. The summed E-state index contributed by atoms with van der Waals surface area (Å²) < 4.78 is 1.13. The van der Waals surface area contributed by atoms with Crippen LogP contribution in [-0.4, -0.2) is 33.6 Å². The standard InChI is InChI=1S/C13H23ClN4O2/c1-9(2)6-13(3,8-15)17-10-7-16-18(4-5-19)12(20)11(10)14/h7,9,17,19H,4-6,8,15H2,1-3H3. The maximum atomic E-state index is 12.0. The van der Waals surface area contributed by atoms with Gasteiger partial charge in [-0.1, -0.05) is 25.4 Å². The molecule has 0 aliphatic carbocycles. The minimum Gasteiger partial charge on any atom is -0.394 e. The van der Waals surface area contributed by atoms with Gasteiger partial charge in [-0.15, -0.1) is 0 Å². The molecule has 0 bridgehead atoms. The van der Waals surface area contributed by atoms with Gasteiger partial charge in [0, 0.05) is 12.1 Å². The molecule has 4 N–H and O–H groups in total. The van der Waals surface area contributed by atoms with Gasteiger partial charge in [0.15, 0.2) is 0 Å². The van der Waals surface area contributed by atoms with Crippen LogP contribution in [0.2, 0.25) is 5.02 Å². The molecule has 1 heterocycles. The molecule has 0 aromatic carbocycles. The van der Waals surface area contributed by atoms with Crippen LogP contribution >= 0.6 is 11.6 Å². The van der Waals surface area contributed by atoms with Crippen molar-refractivity contribution in [3.05, 3.63) is 21.6 Å². The Kier molecular flexibility index (Phi) is 5.98. The fourth-order valence-electron chi connectivity index (χ4n) is 2.22. The molecule has 0 aliphatic rings. The molecular weight excluding hydrogens is 280 g/mol. The van der Waals surface area contributed by atoms with Crippen LogP contribution in [0, 0.1) is 5.92 Å². The topological polar surface area (TPSA) is 93.2 Å². The van der Waals surface area contributed by atoms with Crippen LogP contribution in [0.5, 0.6) is 0 Å². The maximum absolute atomic E-state index is 12.0. The van der Waals surface area contributed by atoms with Crippen molar-refractivity contribution >= 4 is 17.3 Å². The zero-order valence-electron chi connectivity index (χ0n) is 12.2. The molecule has 6 nitrogen and oxygen atoms in total. The molecule has 7 heteroatoms. The minimum absolute atomic E-state index is 0.0666. The number of anilines is 1. The van der Waals surface area contributed by atoms with Gasteiger partial charge in [-0.2, -0.15) is 5.10 Å². The lowest BCUT2D eigenvalue weighted by Crippen LogP contribution is -2.44. The lowest BCUT2D eigenvalue weighted by molar-refractivity contribution is 0.266. The second kappa shape index (κ2) is 7.06. The number of aliphatic hydroxyl groups excluding tert-OH is 1. The normalized spacial score (nSPS) is 14.3. The molecule has 0 saturated carbocycles. The van der Waals surface area contributed by atoms with Crippen LogP contribution in [0.4, 0.5) is 5.69 Å². The van der Waals surface area contributed by atoms with Gasteiger partial charge >= 0.3 is 0 Å². The van der Waals surface area contributed by atoms with Crippen LogP contribution in [0.15, 0.2) is 11.0 Å². The predicted molar refractivity (Wildman–Crippen MR) is 81.1 cm³/mol. The lowest BCUT2D eigenvalue weighted by atomic mass is 9.90. The summed E-state index contributed by atoms with van der Waals surface area (Å²) in [4.78, 5) is 12.0. The molecule has 0 saturated heterocycles. The third-order valence-corrected chi connectivity index (χ3v) is 3.41. The average molecular weight is 303 g/mol. The maximum Gasteiger partial charge on any atom is 0.287 e. The summed E-state index contributed by atoms with van der Waals surface area (Å²) in [7, 11) is 0. The van der Waals surface area contributed by atoms with E-state index in [0.717, 1.165) is 11.1 Å². The SMILES string of the molecule is CC(C)CC(C)(CN)Nc1cnn(CCO)c(=O)c1Cl. The first-order valence-corrected chi connectivity index (χ1v) is 7.05. The van der Waals surface area contributed by atoms with E-state index in [0.29, 0.717) is 18.2 Å². The summed E-state index contributed by atoms with van der Waals surface area (Å²) >= 11 is 6.08. The minimum atomic E-state index is -0.422. The van der Waals surface area contributed by atoms with E-state index in [-0.39, 0.29) is 23.7 Å². The number of aliphatic hydroxyl groups is 1. The number of hydrogen-bond acceptors (Lipinski definition) is 5. The fourth-order valence-corrected chi connectivity index (χ4v) is 2.41. The fraction of sp³-hybridized carbons (Fsp3) is 0.692. The van der Waals surface area contributed by atoms with Crippen LogP contribution < -0.4 is 16.6 Å². The Morgan fingerprint density at radius 1 is 1.60 bits per heavy atom. The first-order valence-electron chi connectivity index (χ1n) is 6.67. The van der Waals surface area contributed by atoms with E-state index in [9.17, 15) is 4.79 Å². The van der Waals surface area contributed by atoms with Crippen LogP contribution in [0.1, 0.15) is 27.2 Å². The van der Waals surface area contributed by atoms with E-state index in [4.69, 9.17) is 22.4 Å². The highest BCUT2D eigenvalue weighted by Gasteiger charge is 2.25. The molecule has 20 heavy (non-hydrogen) atoms. The lowest BCUT2D eigenvalue weighted by Gasteiger charge is -2.32. The van der Waals surface area contributed by atoms with Crippen molar-refractivity contribution in [1.29, 1.82) is 0 Å². The molecule has 1 aromatic heterocycles. The number of nitrogens with zero attached hydrogens (tertiary/aromatic N) is 2. The van der Waals surface area contributed by atoms with Gasteiger partial charge in [-0.3, -0.25) is 4.79 Å². The third kappa shape index (κ3) is 4.19. The number of nitrogens with one attached hydrogen (secondary N) is 1. The number of nitrogens with two attached hydrogens (primary N) is 1. The quantitative estimate of drug-likeness (QED) is 0.700. The number of halogens is 1.